The molecule has 0 saturated heterocycles. The van der Waals surface area contributed by atoms with E-state index in [-0.39, 0.29) is 23.5 Å². The maximum absolute atomic E-state index is 10.6. The molecule has 0 fully saturated rings. The predicted octanol–water partition coefficient (Wildman–Crippen LogP) is -0.979. The average Bonchev–Trinajstić information content (AvgIpc) is 2.55. The molecular formula is C14H14N2O6. The molecule has 0 saturated carbocycles. The lowest BCUT2D eigenvalue weighted by Crippen LogP contribution is -2.33. The molecule has 0 aromatic heterocycles. The highest BCUT2D eigenvalue weighted by atomic mass is 16.5. The van der Waals surface area contributed by atoms with E-state index < -0.39 is 17.9 Å². The molecule has 1 atom stereocenters. The Bertz CT molecular complexity index is 600. The Morgan fingerprint density at radius 1 is 1.23 bits per heavy atom. The Balaban J connectivity index is 0.000000220. The summed E-state index contributed by atoms with van der Waals surface area (Å²) in [5.74, 6) is -1.42. The van der Waals surface area contributed by atoms with Crippen molar-refractivity contribution >= 4 is 24.4 Å². The highest BCUT2D eigenvalue weighted by molar-refractivity contribution is 5.97. The minimum atomic E-state index is -0.919. The maximum atomic E-state index is 10.6. The van der Waals surface area contributed by atoms with Crippen LogP contribution >= 0.6 is 0 Å². The van der Waals surface area contributed by atoms with Gasteiger partial charge in [-0.3, -0.25) is 19.2 Å². The van der Waals surface area contributed by atoms with Gasteiger partial charge in [-0.05, 0) is 24.3 Å². The molecule has 0 bridgehead atoms. The molecule has 2 rings (SSSR count). The monoisotopic (exact) mass is 306 g/mol. The van der Waals surface area contributed by atoms with Crippen LogP contribution in [0, 0.1) is 0 Å². The third-order valence-electron chi connectivity index (χ3n) is 2.51. The minimum Gasteiger partial charge on any atom is -0.483 e. The molecule has 116 valence electrons. The first kappa shape index (κ1) is 16.9. The quantitative estimate of drug-likeness (QED) is 0.640. The molecule has 8 nitrogen and oxygen atoms in total. The van der Waals surface area contributed by atoms with Crippen molar-refractivity contribution in [2.45, 2.75) is 6.10 Å². The number of nitrogens with two attached hydrogens (primary N) is 2. The molecule has 22 heavy (non-hydrogen) atoms. The fourth-order valence-corrected chi connectivity index (χ4v) is 1.54. The molecule has 1 unspecified atom stereocenters. The number of carbonyl (C=O) groups is 4. The number of ether oxygens (including phenoxy) is 2. The molecular weight excluding hydrogens is 292 g/mol. The average molecular weight is 306 g/mol. The first-order valence-electron chi connectivity index (χ1n) is 6.06. The van der Waals surface area contributed by atoms with Crippen molar-refractivity contribution < 1.29 is 28.7 Å². The van der Waals surface area contributed by atoms with E-state index in [1.807, 2.05) is 0 Å². The summed E-state index contributed by atoms with van der Waals surface area (Å²) in [7, 11) is 0. The molecule has 0 radical (unpaired) electrons. The second-order valence-corrected chi connectivity index (χ2v) is 4.01. The third-order valence-corrected chi connectivity index (χ3v) is 2.51. The van der Waals surface area contributed by atoms with Gasteiger partial charge in [0.25, 0.3) is 11.8 Å². The second-order valence-electron chi connectivity index (χ2n) is 4.01. The summed E-state index contributed by atoms with van der Waals surface area (Å²) < 4.78 is 9.62. The second kappa shape index (κ2) is 8.20. The lowest BCUT2D eigenvalue weighted by molar-refractivity contribution is -0.126. The standard InChI is InChI=1S/2C7H7NO3/c2*8-7(10)6-5(4-9)2-1-3-11-6/h1-2,4H,3H2,(H2,8,10);1-4,6H,(H2,8,10). The smallest absolute Gasteiger partial charge is 0.284 e. The normalized spacial score (nSPS) is 18.9. The molecule has 4 N–H and O–H groups in total. The van der Waals surface area contributed by atoms with Gasteiger partial charge in [0.05, 0.1) is 11.8 Å². The molecule has 2 amide bonds. The SMILES string of the molecule is NC(=O)C1=C(C=O)C=CCO1.NC(=O)C1OC=CC=C1C=O. The fourth-order valence-electron chi connectivity index (χ4n) is 1.54. The zero-order valence-electron chi connectivity index (χ0n) is 11.4. The first-order chi connectivity index (χ1) is 10.5. The number of aldehydes is 2. The number of hydrogen-bond donors (Lipinski definition) is 2. The van der Waals surface area contributed by atoms with Crippen LogP contribution in [-0.4, -0.2) is 37.1 Å². The van der Waals surface area contributed by atoms with Gasteiger partial charge in [0.2, 0.25) is 6.10 Å². The molecule has 0 aliphatic carbocycles. The van der Waals surface area contributed by atoms with E-state index in [1.165, 1.54) is 24.5 Å². The van der Waals surface area contributed by atoms with Crippen LogP contribution < -0.4 is 11.5 Å². The zero-order chi connectivity index (χ0) is 16.5. The lowest BCUT2D eigenvalue weighted by atomic mass is 10.1. The van der Waals surface area contributed by atoms with Crippen molar-refractivity contribution in [2.75, 3.05) is 6.61 Å². The summed E-state index contributed by atoms with van der Waals surface area (Å²) in [6, 6.07) is 0. The summed E-state index contributed by atoms with van der Waals surface area (Å²) in [6.07, 6.45) is 7.66. The number of amides is 2. The van der Waals surface area contributed by atoms with Crippen molar-refractivity contribution in [1.29, 1.82) is 0 Å². The summed E-state index contributed by atoms with van der Waals surface area (Å²) in [5.41, 5.74) is 10.3. The van der Waals surface area contributed by atoms with Crippen LogP contribution in [0.3, 0.4) is 0 Å². The summed E-state index contributed by atoms with van der Waals surface area (Å²) >= 11 is 0. The minimum absolute atomic E-state index is 0.0532. The highest BCUT2D eigenvalue weighted by Crippen LogP contribution is 2.10. The van der Waals surface area contributed by atoms with Gasteiger partial charge in [0.15, 0.2) is 12.0 Å². The van der Waals surface area contributed by atoms with Crippen molar-refractivity contribution in [3.05, 3.63) is 47.5 Å². The lowest BCUT2D eigenvalue weighted by Gasteiger charge is -2.14. The van der Waals surface area contributed by atoms with Gasteiger partial charge < -0.3 is 20.9 Å². The van der Waals surface area contributed by atoms with E-state index in [0.717, 1.165) is 0 Å². The summed E-state index contributed by atoms with van der Waals surface area (Å²) in [5, 5.41) is 0. The van der Waals surface area contributed by atoms with Crippen LogP contribution in [0.15, 0.2) is 47.5 Å². The van der Waals surface area contributed by atoms with Crippen molar-refractivity contribution in [3.63, 3.8) is 0 Å². The van der Waals surface area contributed by atoms with E-state index in [4.69, 9.17) is 20.9 Å². The molecule has 0 spiro atoms. The summed E-state index contributed by atoms with van der Waals surface area (Å²) in [6.45, 7) is 0.287. The van der Waals surface area contributed by atoms with Crippen LogP contribution in [0.4, 0.5) is 0 Å². The van der Waals surface area contributed by atoms with E-state index in [9.17, 15) is 19.2 Å². The Hall–Kier alpha value is -3.16. The van der Waals surface area contributed by atoms with E-state index in [2.05, 4.69) is 0 Å². The van der Waals surface area contributed by atoms with Crippen LogP contribution in [0.5, 0.6) is 0 Å². The van der Waals surface area contributed by atoms with Gasteiger partial charge >= 0.3 is 0 Å². The van der Waals surface area contributed by atoms with Gasteiger partial charge in [-0.2, -0.15) is 0 Å². The number of allylic oxidation sites excluding steroid dienone is 4. The molecule has 2 heterocycles. The Morgan fingerprint density at radius 3 is 2.41 bits per heavy atom. The fraction of sp³-hybridized carbons (Fsp3) is 0.143. The van der Waals surface area contributed by atoms with Crippen molar-refractivity contribution in [3.8, 4) is 0 Å². The largest absolute Gasteiger partial charge is 0.483 e. The number of primary amides is 2. The zero-order valence-corrected chi connectivity index (χ0v) is 11.4. The Labute approximate surface area is 125 Å². The van der Waals surface area contributed by atoms with Gasteiger partial charge in [0.1, 0.15) is 12.9 Å². The Morgan fingerprint density at radius 2 is 1.95 bits per heavy atom. The molecule has 0 aromatic carbocycles. The third kappa shape index (κ3) is 4.44. The molecule has 2 aliphatic rings. The van der Waals surface area contributed by atoms with Gasteiger partial charge in [-0.25, -0.2) is 0 Å². The number of hydrogen-bond acceptors (Lipinski definition) is 6. The van der Waals surface area contributed by atoms with Crippen LogP contribution in [0.1, 0.15) is 0 Å². The topological polar surface area (TPSA) is 139 Å². The predicted molar refractivity (Wildman–Crippen MR) is 74.7 cm³/mol. The molecule has 0 aromatic rings. The van der Waals surface area contributed by atoms with Gasteiger partial charge in [-0.1, -0.05) is 0 Å². The van der Waals surface area contributed by atoms with Crippen LogP contribution in [0.2, 0.25) is 0 Å². The van der Waals surface area contributed by atoms with E-state index in [1.54, 1.807) is 6.08 Å². The van der Waals surface area contributed by atoms with Crippen molar-refractivity contribution in [2.24, 2.45) is 11.5 Å². The van der Waals surface area contributed by atoms with Gasteiger partial charge in [0, 0.05) is 5.57 Å². The van der Waals surface area contributed by atoms with E-state index >= 15 is 0 Å². The Kier molecular flexibility index (Phi) is 6.30. The summed E-state index contributed by atoms with van der Waals surface area (Å²) in [4.78, 5) is 41.7. The molecule has 2 aliphatic heterocycles. The first-order valence-corrected chi connectivity index (χ1v) is 6.06. The van der Waals surface area contributed by atoms with Crippen molar-refractivity contribution in [1.82, 2.24) is 0 Å². The van der Waals surface area contributed by atoms with Gasteiger partial charge in [-0.15, -0.1) is 0 Å². The number of rotatable bonds is 4. The van der Waals surface area contributed by atoms with Crippen LogP contribution in [0.25, 0.3) is 0 Å². The number of carbonyl (C=O) groups excluding carboxylic acids is 4. The highest BCUT2D eigenvalue weighted by Gasteiger charge is 2.21. The maximum Gasteiger partial charge on any atom is 0.284 e. The molecule has 8 heteroatoms. The van der Waals surface area contributed by atoms with E-state index in [0.29, 0.717) is 12.6 Å². The van der Waals surface area contributed by atoms with Crippen LogP contribution in [-0.2, 0) is 28.7 Å².